The molecule has 1 amide bonds. The summed E-state index contributed by atoms with van der Waals surface area (Å²) >= 11 is 0. The summed E-state index contributed by atoms with van der Waals surface area (Å²) in [6.45, 7) is 0.0904. The van der Waals surface area contributed by atoms with Crippen LogP contribution in [0.2, 0.25) is 0 Å². The van der Waals surface area contributed by atoms with E-state index >= 15 is 0 Å². The van der Waals surface area contributed by atoms with Gasteiger partial charge < -0.3 is 15.9 Å². The van der Waals surface area contributed by atoms with Gasteiger partial charge in [0.1, 0.15) is 6.04 Å². The van der Waals surface area contributed by atoms with Gasteiger partial charge in [-0.05, 0) is 24.8 Å². The highest BCUT2D eigenvalue weighted by atomic mass is 16.7. The first-order valence-corrected chi connectivity index (χ1v) is 5.61. The molecule has 0 radical (unpaired) electrons. The van der Waals surface area contributed by atoms with Gasteiger partial charge >= 0.3 is 12.1 Å². The molecular formula is C9H17N5O5. The molecule has 0 aromatic rings. The van der Waals surface area contributed by atoms with E-state index in [0.717, 1.165) is 5.06 Å². The number of carboxylic acid groups (broad SMARTS) is 2. The number of amides is 1. The Morgan fingerprint density at radius 2 is 2.11 bits per heavy atom. The van der Waals surface area contributed by atoms with Gasteiger partial charge in [-0.15, -0.1) is 0 Å². The quantitative estimate of drug-likeness (QED) is 0.175. The van der Waals surface area contributed by atoms with E-state index in [9.17, 15) is 9.59 Å². The highest BCUT2D eigenvalue weighted by Gasteiger charge is 2.14. The van der Waals surface area contributed by atoms with Crippen LogP contribution in [0.5, 0.6) is 0 Å². The first-order valence-electron chi connectivity index (χ1n) is 5.61. The normalized spacial score (nSPS) is 11.4. The molecule has 0 aliphatic carbocycles. The van der Waals surface area contributed by atoms with Crippen molar-refractivity contribution < 1.29 is 24.6 Å². The number of hydrogen-bond donors (Lipinski definition) is 3. The fraction of sp³-hybridized carbons (Fsp3) is 0.778. The number of unbranched alkanes of at least 4 members (excludes halogenated alkanes) is 1. The van der Waals surface area contributed by atoms with Gasteiger partial charge in [-0.25, -0.2) is 4.79 Å². The van der Waals surface area contributed by atoms with E-state index in [1.54, 1.807) is 0 Å². The average Bonchev–Trinajstić information content (AvgIpc) is 2.35. The zero-order valence-corrected chi connectivity index (χ0v) is 10.3. The molecule has 0 unspecified atom stereocenters. The Kier molecular flexibility index (Phi) is 8.88. The third-order valence-corrected chi connectivity index (χ3v) is 2.16. The van der Waals surface area contributed by atoms with Crippen LogP contribution in [-0.2, 0) is 9.63 Å². The number of nitrogens with two attached hydrogens (primary N) is 1. The molecule has 0 aliphatic rings. The maximum Gasteiger partial charge on any atom is 0.431 e. The molecule has 0 saturated carbocycles. The van der Waals surface area contributed by atoms with Crippen molar-refractivity contribution in [3.8, 4) is 0 Å². The molecule has 1 atom stereocenters. The number of aliphatic carboxylic acids is 1. The van der Waals surface area contributed by atoms with Crippen LogP contribution in [0.3, 0.4) is 0 Å². The molecule has 0 heterocycles. The van der Waals surface area contributed by atoms with E-state index in [4.69, 9.17) is 26.3 Å². The van der Waals surface area contributed by atoms with Crippen molar-refractivity contribution in [2.24, 2.45) is 10.8 Å². The number of hydrogen-bond acceptors (Lipinski definition) is 5. The molecule has 0 fully saturated rings. The summed E-state index contributed by atoms with van der Waals surface area (Å²) < 4.78 is 0. The van der Waals surface area contributed by atoms with Gasteiger partial charge in [-0.3, -0.25) is 9.63 Å². The predicted octanol–water partition coefficient (Wildman–Crippen LogP) is 0.790. The van der Waals surface area contributed by atoms with Gasteiger partial charge in [-0.1, -0.05) is 5.11 Å². The molecule has 19 heavy (non-hydrogen) atoms. The lowest BCUT2D eigenvalue weighted by atomic mass is 10.1. The molecule has 0 bridgehead atoms. The second kappa shape index (κ2) is 9.95. The Morgan fingerprint density at radius 1 is 1.42 bits per heavy atom. The number of carboxylic acids is 1. The summed E-state index contributed by atoms with van der Waals surface area (Å²) in [5.41, 5.74) is 13.3. The summed E-state index contributed by atoms with van der Waals surface area (Å²) in [7, 11) is 0. The van der Waals surface area contributed by atoms with E-state index in [1.807, 2.05) is 0 Å². The molecule has 4 N–H and O–H groups in total. The Morgan fingerprint density at radius 3 is 2.63 bits per heavy atom. The third-order valence-electron chi connectivity index (χ3n) is 2.16. The van der Waals surface area contributed by atoms with Crippen LogP contribution in [0.4, 0.5) is 4.79 Å². The van der Waals surface area contributed by atoms with Crippen molar-refractivity contribution in [1.29, 1.82) is 0 Å². The molecule has 0 aliphatic heterocycles. The zero-order chi connectivity index (χ0) is 14.7. The molecule has 0 spiro atoms. The summed E-state index contributed by atoms with van der Waals surface area (Å²) in [5.74, 6) is -1.08. The van der Waals surface area contributed by atoms with Crippen LogP contribution in [0, 0.1) is 0 Å². The molecule has 0 saturated heterocycles. The number of carbonyl (C=O) groups is 2. The summed E-state index contributed by atoms with van der Waals surface area (Å²) in [4.78, 5) is 28.6. The van der Waals surface area contributed by atoms with E-state index in [1.165, 1.54) is 0 Å². The lowest BCUT2D eigenvalue weighted by Crippen LogP contribution is -2.32. The highest BCUT2D eigenvalue weighted by Crippen LogP contribution is 2.03. The van der Waals surface area contributed by atoms with Crippen LogP contribution in [0.15, 0.2) is 5.11 Å². The van der Waals surface area contributed by atoms with Crippen molar-refractivity contribution in [2.45, 2.75) is 25.3 Å². The summed E-state index contributed by atoms with van der Waals surface area (Å²) in [6.07, 6.45) is -0.101. The van der Waals surface area contributed by atoms with E-state index < -0.39 is 18.1 Å². The van der Waals surface area contributed by atoms with E-state index in [-0.39, 0.29) is 26.1 Å². The topological polar surface area (TPSA) is 162 Å². The molecule has 108 valence electrons. The second-order valence-electron chi connectivity index (χ2n) is 3.61. The SMILES string of the molecule is [N-]=[N+]=NCCON(CCCC[C@H](N)C(=O)O)C(=O)O. The Bertz CT molecular complexity index is 344. The van der Waals surface area contributed by atoms with Crippen LogP contribution >= 0.6 is 0 Å². The summed E-state index contributed by atoms with van der Waals surface area (Å²) in [5, 5.41) is 21.3. The van der Waals surface area contributed by atoms with Crippen LogP contribution in [-0.4, -0.2) is 53.1 Å². The third kappa shape index (κ3) is 8.66. The van der Waals surface area contributed by atoms with Crippen LogP contribution in [0.25, 0.3) is 10.4 Å². The predicted molar refractivity (Wildman–Crippen MR) is 64.2 cm³/mol. The lowest BCUT2D eigenvalue weighted by Gasteiger charge is -2.18. The van der Waals surface area contributed by atoms with Gasteiger partial charge in [0.05, 0.1) is 19.7 Å². The molecule has 10 heteroatoms. The highest BCUT2D eigenvalue weighted by molar-refractivity contribution is 5.72. The van der Waals surface area contributed by atoms with Crippen molar-refractivity contribution >= 4 is 12.1 Å². The Labute approximate surface area is 109 Å². The van der Waals surface area contributed by atoms with Gasteiger partial charge in [0.2, 0.25) is 0 Å². The van der Waals surface area contributed by atoms with Crippen molar-refractivity contribution in [3.05, 3.63) is 10.4 Å². The standard InChI is InChI=1S/C9H17N5O5/c10-7(8(15)16)3-1-2-5-14(9(17)18)19-6-4-12-13-11/h7H,1-6,10H2,(H,15,16)(H,17,18)/t7-/m0/s1. The van der Waals surface area contributed by atoms with Gasteiger partial charge in [0.15, 0.2) is 0 Å². The monoisotopic (exact) mass is 275 g/mol. The maximum absolute atomic E-state index is 10.8. The van der Waals surface area contributed by atoms with Gasteiger partial charge in [-0.2, -0.15) is 5.06 Å². The van der Waals surface area contributed by atoms with Crippen LogP contribution < -0.4 is 5.73 Å². The Hall–Kier alpha value is -2.03. The Balaban J connectivity index is 3.85. The van der Waals surface area contributed by atoms with E-state index in [2.05, 4.69) is 10.0 Å². The van der Waals surface area contributed by atoms with Gasteiger partial charge in [0.25, 0.3) is 0 Å². The van der Waals surface area contributed by atoms with Gasteiger partial charge in [0, 0.05) is 4.91 Å². The number of nitrogens with zero attached hydrogens (tertiary/aromatic N) is 4. The molecule has 10 nitrogen and oxygen atoms in total. The van der Waals surface area contributed by atoms with Crippen molar-refractivity contribution in [2.75, 3.05) is 19.7 Å². The maximum atomic E-state index is 10.8. The average molecular weight is 275 g/mol. The number of azide groups is 1. The van der Waals surface area contributed by atoms with Crippen LogP contribution in [0.1, 0.15) is 19.3 Å². The molecule has 0 aromatic heterocycles. The minimum atomic E-state index is -1.26. The second-order valence-corrected chi connectivity index (χ2v) is 3.61. The van der Waals surface area contributed by atoms with E-state index in [0.29, 0.717) is 12.8 Å². The minimum absolute atomic E-state index is 0.0319. The zero-order valence-electron chi connectivity index (χ0n) is 10.3. The molecule has 0 rings (SSSR count). The first kappa shape index (κ1) is 17.0. The molecular weight excluding hydrogens is 258 g/mol. The lowest BCUT2D eigenvalue weighted by molar-refractivity contribution is -0.139. The summed E-state index contributed by atoms with van der Waals surface area (Å²) in [6, 6.07) is -0.941. The fourth-order valence-electron chi connectivity index (χ4n) is 1.20. The van der Waals surface area contributed by atoms with Crippen molar-refractivity contribution in [1.82, 2.24) is 5.06 Å². The fourth-order valence-corrected chi connectivity index (χ4v) is 1.20. The largest absolute Gasteiger partial charge is 0.480 e. The molecule has 0 aromatic carbocycles. The minimum Gasteiger partial charge on any atom is -0.480 e. The van der Waals surface area contributed by atoms with Crippen molar-refractivity contribution in [3.63, 3.8) is 0 Å². The number of rotatable bonds is 10. The number of hydroxylamine groups is 2. The smallest absolute Gasteiger partial charge is 0.431 e. The first-order chi connectivity index (χ1) is 8.99.